The van der Waals surface area contributed by atoms with Crippen molar-refractivity contribution < 1.29 is 4.79 Å². The standard InChI is InChI=1S/C14H22N2OS2/c1-9-6-4-3-5-7-11(9)16-13(17)8-12-10(2)15-14(18)19-12/h9,11H,3-8H2,1-2H3,(H,15,18)(H,16,17). The number of nitrogens with one attached hydrogen (secondary N) is 2. The molecule has 1 heterocycles. The second-order valence-electron chi connectivity index (χ2n) is 5.53. The molecular weight excluding hydrogens is 276 g/mol. The fourth-order valence-corrected chi connectivity index (χ4v) is 4.01. The monoisotopic (exact) mass is 298 g/mol. The van der Waals surface area contributed by atoms with Crippen LogP contribution in [0, 0.1) is 16.8 Å². The van der Waals surface area contributed by atoms with E-state index in [-0.39, 0.29) is 5.91 Å². The maximum atomic E-state index is 12.1. The highest BCUT2D eigenvalue weighted by Crippen LogP contribution is 2.23. The Morgan fingerprint density at radius 1 is 1.42 bits per heavy atom. The third kappa shape index (κ3) is 4.14. The molecular formula is C14H22N2OS2. The smallest absolute Gasteiger partial charge is 0.225 e. The van der Waals surface area contributed by atoms with Crippen LogP contribution in [0.15, 0.2) is 0 Å². The summed E-state index contributed by atoms with van der Waals surface area (Å²) in [7, 11) is 0. The molecule has 0 aromatic carbocycles. The molecule has 0 aliphatic heterocycles. The zero-order valence-electron chi connectivity index (χ0n) is 11.6. The third-order valence-electron chi connectivity index (χ3n) is 3.95. The SMILES string of the molecule is Cc1[nH]c(=S)sc1CC(=O)NC1CCCCCC1C. The van der Waals surface area contributed by atoms with Crippen LogP contribution in [0.25, 0.3) is 0 Å². The van der Waals surface area contributed by atoms with E-state index in [1.165, 1.54) is 37.0 Å². The van der Waals surface area contributed by atoms with Gasteiger partial charge in [0, 0.05) is 16.6 Å². The Balaban J connectivity index is 1.93. The molecule has 1 amide bonds. The Labute approximate surface area is 123 Å². The summed E-state index contributed by atoms with van der Waals surface area (Å²) in [6.45, 7) is 4.23. The molecule has 0 saturated heterocycles. The molecule has 0 radical (unpaired) electrons. The predicted octanol–water partition coefficient (Wildman–Crippen LogP) is 3.74. The van der Waals surface area contributed by atoms with Crippen LogP contribution in [-0.2, 0) is 11.2 Å². The van der Waals surface area contributed by atoms with Crippen LogP contribution in [0.1, 0.15) is 49.6 Å². The topological polar surface area (TPSA) is 44.9 Å². The summed E-state index contributed by atoms with van der Waals surface area (Å²) in [6, 6.07) is 0.349. The van der Waals surface area contributed by atoms with Crippen molar-refractivity contribution in [1.82, 2.24) is 10.3 Å². The molecule has 2 rings (SSSR count). The Morgan fingerprint density at radius 2 is 2.16 bits per heavy atom. The lowest BCUT2D eigenvalue weighted by Crippen LogP contribution is -2.39. The molecule has 1 aliphatic carbocycles. The van der Waals surface area contributed by atoms with Crippen molar-refractivity contribution in [3.05, 3.63) is 14.5 Å². The van der Waals surface area contributed by atoms with Crippen molar-refractivity contribution in [2.45, 2.75) is 58.4 Å². The number of H-pyrrole nitrogens is 1. The first-order chi connectivity index (χ1) is 9.06. The molecule has 1 saturated carbocycles. The van der Waals surface area contributed by atoms with Crippen molar-refractivity contribution in [3.8, 4) is 0 Å². The van der Waals surface area contributed by atoms with Crippen molar-refractivity contribution >= 4 is 29.5 Å². The van der Waals surface area contributed by atoms with E-state index >= 15 is 0 Å². The van der Waals surface area contributed by atoms with Crippen LogP contribution in [0.4, 0.5) is 0 Å². The molecule has 1 fully saturated rings. The van der Waals surface area contributed by atoms with Crippen molar-refractivity contribution in [1.29, 1.82) is 0 Å². The van der Waals surface area contributed by atoms with Crippen LogP contribution in [0.5, 0.6) is 0 Å². The van der Waals surface area contributed by atoms with Gasteiger partial charge < -0.3 is 10.3 Å². The van der Waals surface area contributed by atoms with Gasteiger partial charge in [-0.25, -0.2) is 0 Å². The minimum absolute atomic E-state index is 0.132. The maximum Gasteiger partial charge on any atom is 0.225 e. The number of hydrogen-bond acceptors (Lipinski definition) is 3. The Morgan fingerprint density at radius 3 is 2.84 bits per heavy atom. The average molecular weight is 298 g/mol. The van der Waals surface area contributed by atoms with E-state index in [1.807, 2.05) is 6.92 Å². The first kappa shape index (κ1) is 14.7. The number of carbonyl (C=O) groups excluding carboxylic acids is 1. The molecule has 2 atom stereocenters. The second-order valence-corrected chi connectivity index (χ2v) is 7.30. The first-order valence-corrected chi connectivity index (χ1v) is 8.26. The number of aromatic nitrogens is 1. The highest BCUT2D eigenvalue weighted by Gasteiger charge is 2.21. The van der Waals surface area contributed by atoms with Gasteiger partial charge in [0.2, 0.25) is 5.91 Å². The molecule has 0 spiro atoms. The molecule has 2 N–H and O–H groups in total. The van der Waals surface area contributed by atoms with E-state index in [4.69, 9.17) is 12.2 Å². The summed E-state index contributed by atoms with van der Waals surface area (Å²) in [6.07, 6.45) is 6.63. The number of hydrogen-bond donors (Lipinski definition) is 2. The lowest BCUT2D eigenvalue weighted by molar-refractivity contribution is -0.121. The minimum atomic E-state index is 0.132. The van der Waals surface area contributed by atoms with Crippen LogP contribution < -0.4 is 5.32 Å². The summed E-state index contributed by atoms with van der Waals surface area (Å²) in [4.78, 5) is 16.3. The zero-order chi connectivity index (χ0) is 13.8. The van der Waals surface area contributed by atoms with Gasteiger partial charge in [0.25, 0.3) is 0 Å². The van der Waals surface area contributed by atoms with Crippen LogP contribution in [0.3, 0.4) is 0 Å². The Hall–Kier alpha value is -0.680. The van der Waals surface area contributed by atoms with E-state index in [0.717, 1.165) is 20.9 Å². The van der Waals surface area contributed by atoms with Gasteiger partial charge in [0.1, 0.15) is 0 Å². The molecule has 1 aliphatic rings. The van der Waals surface area contributed by atoms with Gasteiger partial charge in [-0.1, -0.05) is 26.2 Å². The van der Waals surface area contributed by atoms with Gasteiger partial charge in [-0.3, -0.25) is 4.79 Å². The highest BCUT2D eigenvalue weighted by atomic mass is 32.1. The number of aromatic amines is 1. The van der Waals surface area contributed by atoms with E-state index < -0.39 is 0 Å². The van der Waals surface area contributed by atoms with E-state index in [9.17, 15) is 4.79 Å². The van der Waals surface area contributed by atoms with Gasteiger partial charge in [-0.05, 0) is 37.9 Å². The van der Waals surface area contributed by atoms with Crippen molar-refractivity contribution in [2.75, 3.05) is 0 Å². The largest absolute Gasteiger partial charge is 0.353 e. The number of amides is 1. The van der Waals surface area contributed by atoms with Gasteiger partial charge in [-0.2, -0.15) is 0 Å². The summed E-state index contributed by atoms with van der Waals surface area (Å²) >= 11 is 6.61. The fraction of sp³-hybridized carbons (Fsp3) is 0.714. The predicted molar refractivity (Wildman–Crippen MR) is 82.1 cm³/mol. The molecule has 1 aromatic heterocycles. The lowest BCUT2D eigenvalue weighted by atomic mass is 9.97. The van der Waals surface area contributed by atoms with Gasteiger partial charge in [0.15, 0.2) is 3.95 Å². The van der Waals surface area contributed by atoms with E-state index in [2.05, 4.69) is 17.2 Å². The van der Waals surface area contributed by atoms with E-state index in [1.54, 1.807) is 0 Å². The second kappa shape index (κ2) is 6.66. The summed E-state index contributed by atoms with van der Waals surface area (Å²) < 4.78 is 0.753. The summed E-state index contributed by atoms with van der Waals surface area (Å²) in [5, 5.41) is 3.21. The molecule has 1 aromatic rings. The number of thiazole rings is 1. The molecule has 5 heteroatoms. The molecule has 3 nitrogen and oxygen atoms in total. The summed E-state index contributed by atoms with van der Waals surface area (Å²) in [5.74, 6) is 0.726. The molecule has 2 unspecified atom stereocenters. The Bertz CT molecular complexity index is 492. The van der Waals surface area contributed by atoms with Gasteiger partial charge in [0.05, 0.1) is 6.42 Å². The minimum Gasteiger partial charge on any atom is -0.353 e. The highest BCUT2D eigenvalue weighted by molar-refractivity contribution is 7.73. The van der Waals surface area contributed by atoms with Crippen LogP contribution >= 0.6 is 23.6 Å². The maximum absolute atomic E-state index is 12.1. The lowest BCUT2D eigenvalue weighted by Gasteiger charge is -2.22. The molecule has 19 heavy (non-hydrogen) atoms. The number of rotatable bonds is 3. The van der Waals surface area contributed by atoms with Crippen molar-refractivity contribution in [3.63, 3.8) is 0 Å². The molecule has 106 valence electrons. The molecule has 0 bridgehead atoms. The normalized spacial score (nSPS) is 23.9. The first-order valence-electron chi connectivity index (χ1n) is 7.04. The quantitative estimate of drug-likeness (QED) is 0.659. The van der Waals surface area contributed by atoms with Crippen LogP contribution in [-0.4, -0.2) is 16.9 Å². The van der Waals surface area contributed by atoms with Gasteiger partial charge in [-0.15, -0.1) is 11.3 Å². The summed E-state index contributed by atoms with van der Waals surface area (Å²) in [5.41, 5.74) is 1.03. The average Bonchev–Trinajstić information content (AvgIpc) is 2.53. The Kier molecular flexibility index (Phi) is 5.16. The zero-order valence-corrected chi connectivity index (χ0v) is 13.3. The van der Waals surface area contributed by atoms with Crippen molar-refractivity contribution in [2.24, 2.45) is 5.92 Å². The third-order valence-corrected chi connectivity index (χ3v) is 5.29. The fourth-order valence-electron chi connectivity index (χ4n) is 2.72. The van der Waals surface area contributed by atoms with E-state index in [0.29, 0.717) is 18.4 Å². The van der Waals surface area contributed by atoms with Crippen LogP contribution in [0.2, 0.25) is 0 Å². The van der Waals surface area contributed by atoms with Gasteiger partial charge >= 0.3 is 0 Å². The number of carbonyl (C=O) groups is 1. The number of aryl methyl sites for hydroxylation is 1.